The van der Waals surface area contributed by atoms with E-state index in [9.17, 15) is 14.4 Å². The molecule has 0 spiro atoms. The van der Waals surface area contributed by atoms with E-state index in [0.717, 1.165) is 5.56 Å². The molecule has 0 aromatic carbocycles. The Morgan fingerprint density at radius 2 is 2.05 bits per heavy atom. The number of urea groups is 1. The highest BCUT2D eigenvalue weighted by atomic mass is 16.4. The number of carbonyl (C=O) groups excluding carboxylic acids is 1. The average molecular weight is 284 g/mol. The van der Waals surface area contributed by atoms with Gasteiger partial charge in [0.1, 0.15) is 11.8 Å². The molecule has 0 saturated carbocycles. The van der Waals surface area contributed by atoms with Crippen LogP contribution in [0.15, 0.2) is 16.7 Å². The van der Waals surface area contributed by atoms with Crippen LogP contribution in [0.3, 0.4) is 0 Å². The molecule has 0 bridgehead atoms. The summed E-state index contributed by atoms with van der Waals surface area (Å²) in [7, 11) is 1.47. The first-order chi connectivity index (χ1) is 9.31. The van der Waals surface area contributed by atoms with E-state index in [1.165, 1.54) is 18.2 Å². The van der Waals surface area contributed by atoms with Crippen molar-refractivity contribution in [2.24, 2.45) is 0 Å². The zero-order valence-electron chi connectivity index (χ0n) is 11.1. The van der Waals surface area contributed by atoms with E-state index >= 15 is 0 Å². The Bertz CT molecular complexity index is 510. The fourth-order valence-corrected chi connectivity index (χ4v) is 1.54. The summed E-state index contributed by atoms with van der Waals surface area (Å²) in [5.41, 5.74) is 0.785. The second-order valence-corrected chi connectivity index (χ2v) is 4.30. The molecule has 8 heteroatoms. The van der Waals surface area contributed by atoms with Gasteiger partial charge in [-0.1, -0.05) is 0 Å². The van der Waals surface area contributed by atoms with Crippen LogP contribution >= 0.6 is 0 Å². The van der Waals surface area contributed by atoms with Gasteiger partial charge in [0.25, 0.3) is 0 Å². The number of aryl methyl sites for hydroxylation is 1. The van der Waals surface area contributed by atoms with Crippen LogP contribution in [0, 0.1) is 6.92 Å². The van der Waals surface area contributed by atoms with Gasteiger partial charge in [-0.15, -0.1) is 0 Å². The van der Waals surface area contributed by atoms with E-state index in [4.69, 9.17) is 14.6 Å². The van der Waals surface area contributed by atoms with Crippen molar-refractivity contribution in [3.05, 3.63) is 23.7 Å². The Labute approximate surface area is 115 Å². The summed E-state index contributed by atoms with van der Waals surface area (Å²) in [5.74, 6) is -2.04. The van der Waals surface area contributed by atoms with Gasteiger partial charge in [-0.25, -0.2) is 9.59 Å². The van der Waals surface area contributed by atoms with Gasteiger partial charge >= 0.3 is 18.0 Å². The Hall–Kier alpha value is -2.51. The van der Waals surface area contributed by atoms with E-state index in [1.807, 2.05) is 0 Å². The maximum absolute atomic E-state index is 11.8. The third-order valence-corrected chi connectivity index (χ3v) is 2.70. The molecule has 8 nitrogen and oxygen atoms in total. The van der Waals surface area contributed by atoms with Crippen molar-refractivity contribution in [3.8, 4) is 0 Å². The molecule has 0 saturated heterocycles. The number of carbonyl (C=O) groups is 3. The molecule has 0 radical (unpaired) electrons. The highest BCUT2D eigenvalue weighted by molar-refractivity contribution is 5.86. The van der Waals surface area contributed by atoms with Gasteiger partial charge in [0.05, 0.1) is 19.2 Å². The molecule has 1 aromatic rings. The largest absolute Gasteiger partial charge is 0.481 e. The van der Waals surface area contributed by atoms with E-state index in [-0.39, 0.29) is 6.54 Å². The van der Waals surface area contributed by atoms with Gasteiger partial charge in [0, 0.05) is 12.6 Å². The van der Waals surface area contributed by atoms with Gasteiger partial charge in [-0.2, -0.15) is 0 Å². The van der Waals surface area contributed by atoms with Crippen LogP contribution in [0.2, 0.25) is 0 Å². The number of carboxylic acids is 2. The molecular weight excluding hydrogens is 268 g/mol. The van der Waals surface area contributed by atoms with Gasteiger partial charge in [-0.05, 0) is 13.0 Å². The van der Waals surface area contributed by atoms with Crippen molar-refractivity contribution in [3.63, 3.8) is 0 Å². The zero-order valence-corrected chi connectivity index (χ0v) is 11.1. The van der Waals surface area contributed by atoms with Gasteiger partial charge < -0.3 is 24.8 Å². The second kappa shape index (κ2) is 6.60. The number of hydrogen-bond donors (Lipinski definition) is 3. The summed E-state index contributed by atoms with van der Waals surface area (Å²) in [4.78, 5) is 34.4. The van der Waals surface area contributed by atoms with E-state index < -0.39 is 30.4 Å². The normalized spacial score (nSPS) is 11.7. The number of rotatable bonds is 6. The van der Waals surface area contributed by atoms with Gasteiger partial charge in [0.2, 0.25) is 0 Å². The number of amides is 2. The lowest BCUT2D eigenvalue weighted by Crippen LogP contribution is -2.47. The molecule has 2 amide bonds. The molecular formula is C12H16N2O6. The maximum atomic E-state index is 11.8. The molecule has 1 aromatic heterocycles. The average Bonchev–Trinajstić information content (AvgIpc) is 2.73. The Morgan fingerprint density at radius 3 is 2.50 bits per heavy atom. The first kappa shape index (κ1) is 15.5. The fraction of sp³-hybridized carbons (Fsp3) is 0.417. The molecule has 1 rings (SSSR count). The van der Waals surface area contributed by atoms with Crippen molar-refractivity contribution >= 4 is 18.0 Å². The lowest BCUT2D eigenvalue weighted by Gasteiger charge is -2.20. The molecule has 0 aliphatic rings. The Morgan fingerprint density at radius 1 is 1.40 bits per heavy atom. The van der Waals surface area contributed by atoms with Crippen LogP contribution in [0.4, 0.5) is 4.79 Å². The molecule has 1 heterocycles. The third kappa shape index (κ3) is 4.30. The minimum atomic E-state index is -1.46. The number of carboxylic acid groups (broad SMARTS) is 2. The maximum Gasteiger partial charge on any atom is 0.326 e. The van der Waals surface area contributed by atoms with Crippen molar-refractivity contribution in [2.45, 2.75) is 25.9 Å². The predicted octanol–water partition coefficient (Wildman–Crippen LogP) is 0.657. The minimum absolute atomic E-state index is 0.230. The number of furan rings is 1. The molecule has 0 aliphatic heterocycles. The molecule has 3 N–H and O–H groups in total. The topological polar surface area (TPSA) is 120 Å². The summed E-state index contributed by atoms with van der Waals surface area (Å²) in [6.45, 7) is 1.97. The van der Waals surface area contributed by atoms with Gasteiger partial charge in [-0.3, -0.25) is 4.79 Å². The summed E-state index contributed by atoms with van der Waals surface area (Å²) >= 11 is 0. The third-order valence-electron chi connectivity index (χ3n) is 2.70. The van der Waals surface area contributed by atoms with Crippen molar-refractivity contribution in [1.82, 2.24) is 10.2 Å². The van der Waals surface area contributed by atoms with Crippen LogP contribution in [0.25, 0.3) is 0 Å². The predicted molar refractivity (Wildman–Crippen MR) is 67.1 cm³/mol. The summed E-state index contributed by atoms with van der Waals surface area (Å²) in [5, 5.41) is 19.6. The second-order valence-electron chi connectivity index (χ2n) is 4.30. The molecule has 1 unspecified atom stereocenters. The first-order valence-electron chi connectivity index (χ1n) is 5.80. The molecule has 1 atom stereocenters. The lowest BCUT2D eigenvalue weighted by atomic mass is 10.2. The van der Waals surface area contributed by atoms with Crippen LogP contribution in [-0.4, -0.2) is 46.2 Å². The summed E-state index contributed by atoms with van der Waals surface area (Å²) in [6.07, 6.45) is 0.806. The Balaban J connectivity index is 2.62. The number of hydrogen-bond acceptors (Lipinski definition) is 4. The van der Waals surface area contributed by atoms with Crippen LogP contribution in [0.5, 0.6) is 0 Å². The van der Waals surface area contributed by atoms with Crippen molar-refractivity contribution in [2.75, 3.05) is 7.05 Å². The fourth-order valence-electron chi connectivity index (χ4n) is 1.54. The highest BCUT2D eigenvalue weighted by Gasteiger charge is 2.24. The first-order valence-corrected chi connectivity index (χ1v) is 5.80. The van der Waals surface area contributed by atoms with Crippen molar-refractivity contribution < 1.29 is 29.0 Å². The quantitative estimate of drug-likeness (QED) is 0.705. The van der Waals surface area contributed by atoms with Crippen LogP contribution in [-0.2, 0) is 16.1 Å². The minimum Gasteiger partial charge on any atom is -0.481 e. The monoisotopic (exact) mass is 284 g/mol. The Kier molecular flexibility index (Phi) is 5.13. The highest BCUT2D eigenvalue weighted by Crippen LogP contribution is 2.11. The summed E-state index contributed by atoms with van der Waals surface area (Å²) < 4.78 is 5.09. The van der Waals surface area contributed by atoms with E-state index in [0.29, 0.717) is 5.76 Å². The number of nitrogens with one attached hydrogen (secondary N) is 1. The molecule has 20 heavy (non-hydrogen) atoms. The van der Waals surface area contributed by atoms with E-state index in [2.05, 4.69) is 5.32 Å². The summed E-state index contributed by atoms with van der Waals surface area (Å²) in [6, 6.07) is -0.433. The van der Waals surface area contributed by atoms with Crippen LogP contribution < -0.4 is 5.32 Å². The molecule has 110 valence electrons. The SMILES string of the molecule is Cc1occc1CN(C)C(=O)NC(CC(=O)O)C(=O)O. The lowest BCUT2D eigenvalue weighted by molar-refractivity contribution is -0.145. The van der Waals surface area contributed by atoms with E-state index in [1.54, 1.807) is 13.0 Å². The van der Waals surface area contributed by atoms with Crippen molar-refractivity contribution in [1.29, 1.82) is 0 Å². The van der Waals surface area contributed by atoms with Gasteiger partial charge in [0.15, 0.2) is 0 Å². The smallest absolute Gasteiger partial charge is 0.326 e. The zero-order chi connectivity index (χ0) is 15.3. The number of nitrogens with zero attached hydrogens (tertiary/aromatic N) is 1. The van der Waals surface area contributed by atoms with Crippen LogP contribution in [0.1, 0.15) is 17.7 Å². The molecule has 0 aliphatic carbocycles. The molecule has 0 fully saturated rings. The number of aliphatic carboxylic acids is 2. The standard InChI is InChI=1S/C12H16N2O6/c1-7-8(3-4-20-7)6-14(2)12(19)13-9(11(17)18)5-10(15)16/h3-4,9H,5-6H2,1-2H3,(H,13,19)(H,15,16)(H,17,18).